The van der Waals surface area contributed by atoms with Crippen LogP contribution in [-0.2, 0) is 19.1 Å². The molecule has 2 aromatic heterocycles. The third-order valence-electron chi connectivity index (χ3n) is 12.1. The maximum absolute atomic E-state index is 13.7. The minimum Gasteiger partial charge on any atom is -0.453 e. The Morgan fingerprint density at radius 3 is 1.36 bits per heavy atom. The Kier molecular flexibility index (Phi) is 10.5. The second-order valence-electron chi connectivity index (χ2n) is 16.6. The van der Waals surface area contributed by atoms with Crippen LogP contribution in [0.5, 0.6) is 0 Å². The molecule has 4 N–H and O–H groups in total. The highest BCUT2D eigenvalue weighted by molar-refractivity contribution is 5.88. The van der Waals surface area contributed by atoms with E-state index in [0.717, 1.165) is 59.3 Å². The molecule has 4 amide bonds. The summed E-state index contributed by atoms with van der Waals surface area (Å²) in [6, 6.07) is 14.5. The van der Waals surface area contributed by atoms with Crippen molar-refractivity contribution in [2.75, 3.05) is 14.2 Å². The van der Waals surface area contributed by atoms with Crippen molar-refractivity contribution in [3.05, 3.63) is 83.4 Å². The van der Waals surface area contributed by atoms with E-state index in [0.29, 0.717) is 23.5 Å². The fourth-order valence-electron chi connectivity index (χ4n) is 8.69. The number of ether oxygens (including phenoxy) is 2. The summed E-state index contributed by atoms with van der Waals surface area (Å²) in [6.45, 7) is 7.67. The molecule has 0 radical (unpaired) electrons. The summed E-state index contributed by atoms with van der Waals surface area (Å²) in [4.78, 5) is 71.7. The lowest BCUT2D eigenvalue weighted by atomic mass is 10.0. The highest BCUT2D eigenvalue weighted by Gasteiger charge is 2.57. The molecule has 4 aliphatic rings. The number of rotatable bonds is 10. The average molecular weight is 787 g/mol. The Balaban J connectivity index is 0.903. The predicted octanol–water partition coefficient (Wildman–Crippen LogP) is 5.95. The van der Waals surface area contributed by atoms with Gasteiger partial charge < -0.3 is 39.9 Å². The van der Waals surface area contributed by atoms with Gasteiger partial charge >= 0.3 is 12.2 Å². The Morgan fingerprint density at radius 1 is 0.638 bits per heavy atom. The molecule has 4 aromatic rings. The molecule has 2 aromatic carbocycles. The monoisotopic (exact) mass is 786 g/mol. The number of nitrogens with zero attached hydrogens (tertiary/aromatic N) is 4. The smallest absolute Gasteiger partial charge is 0.407 e. The molecule has 4 heterocycles. The fourth-order valence-corrected chi connectivity index (χ4v) is 8.69. The van der Waals surface area contributed by atoms with Gasteiger partial charge in [-0.25, -0.2) is 19.6 Å². The molecule has 4 fully saturated rings. The number of fused-ring (bicyclic) bond motifs is 2. The largest absolute Gasteiger partial charge is 0.453 e. The van der Waals surface area contributed by atoms with Gasteiger partial charge in [-0.3, -0.25) is 9.59 Å². The van der Waals surface area contributed by atoms with Gasteiger partial charge in [-0.1, -0.05) is 63.8 Å². The van der Waals surface area contributed by atoms with Gasteiger partial charge in [0.05, 0.1) is 50.1 Å². The number of carbonyl (C=O) groups is 4. The standard InChI is InChI=1S/C44H50N8O6/c1-23(2)37(49-43(55)57-5)41(53)51-33-17-29(33)19-35(51)31-21-45-39(47-31)27-13-9-25(10-14-27)7-8-26-11-15-28(16-12-26)40-46-22-32(48-40)36-20-30-18-34(30)52(36)42(54)38(24(3)4)50-44(56)58-6/h9-16,21-24,29-30,33-38H,17-20H2,1-6H3,(H,45,47)(H,46,48)(H,49,55)(H,50,56)/t29-,30-,33-,34-,35+,36+,37+,38+/m1/s1. The molecule has 0 unspecified atom stereocenters. The van der Waals surface area contributed by atoms with Gasteiger partial charge in [0.1, 0.15) is 23.7 Å². The molecule has 0 spiro atoms. The van der Waals surface area contributed by atoms with Crippen LogP contribution in [0.1, 0.15) is 88.0 Å². The van der Waals surface area contributed by atoms with Crippen molar-refractivity contribution in [3.8, 4) is 34.6 Å². The van der Waals surface area contributed by atoms with E-state index in [1.807, 2.05) is 98.4 Å². The molecule has 8 atom stereocenters. The first kappa shape index (κ1) is 38.8. The van der Waals surface area contributed by atoms with Crippen molar-refractivity contribution in [1.82, 2.24) is 40.4 Å². The number of imidazole rings is 2. The summed E-state index contributed by atoms with van der Waals surface area (Å²) in [5.41, 5.74) is 5.29. The molecule has 58 heavy (non-hydrogen) atoms. The van der Waals surface area contributed by atoms with Gasteiger partial charge in [0.2, 0.25) is 11.8 Å². The second kappa shape index (κ2) is 15.7. The minimum absolute atomic E-state index is 0.0934. The minimum atomic E-state index is -0.672. The topological polar surface area (TPSA) is 175 Å². The van der Waals surface area contributed by atoms with Crippen LogP contribution in [0.15, 0.2) is 60.9 Å². The predicted molar refractivity (Wildman–Crippen MR) is 215 cm³/mol. The zero-order chi connectivity index (χ0) is 40.8. The second-order valence-corrected chi connectivity index (χ2v) is 16.6. The van der Waals surface area contributed by atoms with Crippen LogP contribution in [0.4, 0.5) is 9.59 Å². The molecule has 8 rings (SSSR count). The SMILES string of the molecule is COC(=O)N[C@H](C(=O)N1[C@@H]2C[C@@H]2C[C@H]1c1cnc(-c2ccc(C#Cc3ccc(-c4ncc([C@@H]5C[C@H]6C[C@H]6N5C(=O)[C@@H](NC(=O)OC)C(C)C)[nH]4)cc3)cc2)[nH]1)C(C)C. The number of H-pyrrole nitrogens is 2. The molecular weight excluding hydrogens is 737 g/mol. The first-order valence-corrected chi connectivity index (χ1v) is 20.1. The summed E-state index contributed by atoms with van der Waals surface area (Å²) in [6.07, 6.45) is 6.08. The number of aromatic amines is 2. The van der Waals surface area contributed by atoms with E-state index in [9.17, 15) is 19.2 Å². The fraction of sp³-hybridized carbons (Fsp3) is 0.455. The van der Waals surface area contributed by atoms with Crippen LogP contribution >= 0.6 is 0 Å². The van der Waals surface area contributed by atoms with Crippen LogP contribution < -0.4 is 10.6 Å². The first-order valence-electron chi connectivity index (χ1n) is 20.1. The Hall–Kier alpha value is -6.10. The van der Waals surface area contributed by atoms with Crippen LogP contribution in [0.25, 0.3) is 22.8 Å². The summed E-state index contributed by atoms with van der Waals surface area (Å²) in [7, 11) is 2.60. The maximum atomic E-state index is 13.7. The van der Waals surface area contributed by atoms with Crippen molar-refractivity contribution in [2.45, 2.75) is 89.6 Å². The number of nitrogens with one attached hydrogen (secondary N) is 4. The van der Waals surface area contributed by atoms with Gasteiger partial charge in [0.25, 0.3) is 0 Å². The molecule has 302 valence electrons. The average Bonchev–Trinajstić information content (AvgIpc) is 3.81. The summed E-state index contributed by atoms with van der Waals surface area (Å²) in [5, 5.41) is 5.46. The van der Waals surface area contributed by atoms with Crippen molar-refractivity contribution in [2.24, 2.45) is 23.7 Å². The van der Waals surface area contributed by atoms with E-state index in [2.05, 4.69) is 42.4 Å². The van der Waals surface area contributed by atoms with E-state index in [4.69, 9.17) is 9.47 Å². The normalized spacial score (nSPS) is 23.7. The number of likely N-dealkylation sites (tertiary alicyclic amines) is 2. The molecule has 2 aliphatic carbocycles. The zero-order valence-electron chi connectivity index (χ0n) is 33.6. The Morgan fingerprint density at radius 2 is 1.02 bits per heavy atom. The summed E-state index contributed by atoms with van der Waals surface area (Å²) >= 11 is 0. The number of benzene rings is 2. The van der Waals surface area contributed by atoms with E-state index in [1.165, 1.54) is 14.2 Å². The molecule has 14 nitrogen and oxygen atoms in total. The number of aromatic nitrogens is 4. The van der Waals surface area contributed by atoms with Crippen molar-refractivity contribution in [1.29, 1.82) is 0 Å². The van der Waals surface area contributed by atoms with Gasteiger partial charge in [-0.05, 0) is 73.6 Å². The Labute approximate surface area is 337 Å². The van der Waals surface area contributed by atoms with E-state index < -0.39 is 24.3 Å². The zero-order valence-corrected chi connectivity index (χ0v) is 33.6. The molecule has 2 aliphatic heterocycles. The lowest BCUT2D eigenvalue weighted by molar-refractivity contribution is -0.137. The van der Waals surface area contributed by atoms with Gasteiger partial charge in [0, 0.05) is 34.3 Å². The van der Waals surface area contributed by atoms with E-state index in [-0.39, 0.29) is 47.8 Å². The third kappa shape index (κ3) is 7.65. The third-order valence-corrected chi connectivity index (χ3v) is 12.1. The molecule has 2 saturated heterocycles. The van der Waals surface area contributed by atoms with Crippen LogP contribution in [0, 0.1) is 35.5 Å². The van der Waals surface area contributed by atoms with E-state index in [1.54, 1.807) is 0 Å². The van der Waals surface area contributed by atoms with Gasteiger partial charge in [-0.15, -0.1) is 0 Å². The van der Waals surface area contributed by atoms with Crippen LogP contribution in [-0.4, -0.2) is 92.1 Å². The number of hydrogen-bond acceptors (Lipinski definition) is 8. The number of hydrogen-bond donors (Lipinski definition) is 4. The molecule has 14 heteroatoms. The van der Waals surface area contributed by atoms with Crippen molar-refractivity contribution in [3.63, 3.8) is 0 Å². The van der Waals surface area contributed by atoms with Crippen molar-refractivity contribution < 1.29 is 28.7 Å². The Bertz CT molecular complexity index is 2100. The van der Waals surface area contributed by atoms with E-state index >= 15 is 0 Å². The van der Waals surface area contributed by atoms with Crippen LogP contribution in [0.2, 0.25) is 0 Å². The first-order chi connectivity index (χ1) is 27.9. The molecule has 2 saturated carbocycles. The quantitative estimate of drug-likeness (QED) is 0.143. The molecule has 0 bridgehead atoms. The van der Waals surface area contributed by atoms with Gasteiger partial charge in [0.15, 0.2) is 0 Å². The van der Waals surface area contributed by atoms with Crippen molar-refractivity contribution >= 4 is 24.0 Å². The lowest BCUT2D eigenvalue weighted by Crippen LogP contribution is -2.51. The number of amides is 4. The molecular formula is C44H50N8O6. The number of piperidine rings is 2. The lowest BCUT2D eigenvalue weighted by Gasteiger charge is -2.32. The summed E-state index contributed by atoms with van der Waals surface area (Å²) in [5.74, 6) is 8.47. The maximum Gasteiger partial charge on any atom is 0.407 e. The number of alkyl carbamates (subject to hydrolysis) is 2. The summed E-state index contributed by atoms with van der Waals surface area (Å²) < 4.78 is 9.57. The number of methoxy groups -OCH3 is 2. The number of carbonyl (C=O) groups excluding carboxylic acids is 4. The van der Waals surface area contributed by atoms with Gasteiger partial charge in [-0.2, -0.15) is 0 Å². The van der Waals surface area contributed by atoms with Crippen LogP contribution in [0.3, 0.4) is 0 Å². The highest BCUT2D eigenvalue weighted by Crippen LogP contribution is 2.54. The highest BCUT2D eigenvalue weighted by atomic mass is 16.5.